The van der Waals surface area contributed by atoms with Crippen LogP contribution in [0.25, 0.3) is 0 Å². The predicted octanol–water partition coefficient (Wildman–Crippen LogP) is 3.13. The van der Waals surface area contributed by atoms with Crippen molar-refractivity contribution in [2.24, 2.45) is 10.9 Å². The van der Waals surface area contributed by atoms with Crippen molar-refractivity contribution in [3.8, 4) is 0 Å². The third-order valence-electron chi connectivity index (χ3n) is 6.05. The van der Waals surface area contributed by atoms with E-state index in [1.165, 1.54) is 30.8 Å². The first-order valence-corrected chi connectivity index (χ1v) is 10.8. The van der Waals surface area contributed by atoms with Gasteiger partial charge in [0.1, 0.15) is 5.82 Å². The van der Waals surface area contributed by atoms with E-state index in [4.69, 9.17) is 9.98 Å². The standard InChI is InChI=1S/C21H33N7.HI/c1-3-23-21(24-9-7-18-14-26-11-5-4-6-20(26)25-18)27-12-8-17(2)19(15-27)28-13-10-22-16-28;/h10,13-14,16-17,19H,3-9,11-12,15H2,1-2H3,(H,23,24);1H. The second-order valence-electron chi connectivity index (χ2n) is 8.07. The number of halogens is 1. The van der Waals surface area contributed by atoms with Gasteiger partial charge in [-0.2, -0.15) is 0 Å². The molecule has 2 aromatic rings. The molecular weight excluding hydrogens is 477 g/mol. The molecule has 29 heavy (non-hydrogen) atoms. The molecule has 2 aromatic heterocycles. The third kappa shape index (κ3) is 5.32. The maximum absolute atomic E-state index is 4.94. The van der Waals surface area contributed by atoms with Crippen molar-refractivity contribution in [1.82, 2.24) is 29.3 Å². The van der Waals surface area contributed by atoms with Crippen molar-refractivity contribution < 1.29 is 0 Å². The quantitative estimate of drug-likeness (QED) is 0.381. The average molecular weight is 511 g/mol. The van der Waals surface area contributed by atoms with Gasteiger partial charge in [0, 0.05) is 64.2 Å². The Morgan fingerprint density at radius 3 is 2.97 bits per heavy atom. The molecule has 2 aliphatic rings. The number of aliphatic imine (C=N–C) groups is 1. The summed E-state index contributed by atoms with van der Waals surface area (Å²) in [5, 5.41) is 3.49. The highest BCUT2D eigenvalue weighted by Crippen LogP contribution is 2.27. The van der Waals surface area contributed by atoms with E-state index >= 15 is 0 Å². The molecule has 0 aromatic carbocycles. The smallest absolute Gasteiger partial charge is 0.193 e. The van der Waals surface area contributed by atoms with Gasteiger partial charge in [0.25, 0.3) is 0 Å². The fourth-order valence-electron chi connectivity index (χ4n) is 4.39. The molecule has 1 N–H and O–H groups in total. The van der Waals surface area contributed by atoms with Crippen LogP contribution in [0.3, 0.4) is 0 Å². The summed E-state index contributed by atoms with van der Waals surface area (Å²) in [5.74, 6) is 2.93. The minimum atomic E-state index is 0. The molecule has 4 rings (SSSR count). The summed E-state index contributed by atoms with van der Waals surface area (Å²) < 4.78 is 4.57. The number of imidazole rings is 2. The van der Waals surface area contributed by atoms with Gasteiger partial charge in [-0.05, 0) is 32.1 Å². The van der Waals surface area contributed by atoms with Crippen molar-refractivity contribution >= 4 is 29.9 Å². The van der Waals surface area contributed by atoms with Crippen molar-refractivity contribution in [1.29, 1.82) is 0 Å². The molecule has 0 spiro atoms. The first kappa shape index (κ1) is 22.1. The van der Waals surface area contributed by atoms with Crippen LogP contribution in [0, 0.1) is 5.92 Å². The van der Waals surface area contributed by atoms with Crippen LogP contribution < -0.4 is 5.32 Å². The largest absolute Gasteiger partial charge is 0.357 e. The fraction of sp³-hybridized carbons (Fsp3) is 0.667. The molecule has 160 valence electrons. The van der Waals surface area contributed by atoms with Gasteiger partial charge in [0.2, 0.25) is 0 Å². The highest BCUT2D eigenvalue weighted by molar-refractivity contribution is 14.0. The monoisotopic (exact) mass is 511 g/mol. The number of aryl methyl sites for hydroxylation is 2. The lowest BCUT2D eigenvalue weighted by atomic mass is 9.93. The number of guanidine groups is 1. The Labute approximate surface area is 191 Å². The number of hydrogen-bond donors (Lipinski definition) is 1. The van der Waals surface area contributed by atoms with Crippen LogP contribution in [0.15, 0.2) is 29.9 Å². The normalized spacial score (nSPS) is 22.1. The average Bonchev–Trinajstić information content (AvgIpc) is 3.37. The van der Waals surface area contributed by atoms with E-state index in [1.54, 1.807) is 0 Å². The Balaban J connectivity index is 0.00000240. The lowest BCUT2D eigenvalue weighted by molar-refractivity contribution is 0.189. The molecule has 0 bridgehead atoms. The van der Waals surface area contributed by atoms with Crippen molar-refractivity contribution in [2.45, 2.75) is 58.5 Å². The van der Waals surface area contributed by atoms with Gasteiger partial charge in [-0.3, -0.25) is 4.99 Å². The van der Waals surface area contributed by atoms with E-state index in [0.29, 0.717) is 12.0 Å². The van der Waals surface area contributed by atoms with Gasteiger partial charge in [-0.1, -0.05) is 6.92 Å². The second kappa shape index (κ2) is 10.4. The van der Waals surface area contributed by atoms with Gasteiger partial charge in [0.15, 0.2) is 5.96 Å². The molecule has 2 atom stereocenters. The summed E-state index contributed by atoms with van der Waals surface area (Å²) in [4.78, 5) is 16.4. The van der Waals surface area contributed by atoms with Crippen LogP contribution in [0.5, 0.6) is 0 Å². The summed E-state index contributed by atoms with van der Waals surface area (Å²) >= 11 is 0. The number of nitrogens with one attached hydrogen (secondary N) is 1. The second-order valence-corrected chi connectivity index (χ2v) is 8.07. The maximum Gasteiger partial charge on any atom is 0.193 e. The Morgan fingerprint density at radius 1 is 1.31 bits per heavy atom. The first-order valence-electron chi connectivity index (χ1n) is 10.8. The van der Waals surface area contributed by atoms with E-state index in [0.717, 1.165) is 51.5 Å². The first-order chi connectivity index (χ1) is 13.7. The van der Waals surface area contributed by atoms with Crippen LogP contribution >= 0.6 is 24.0 Å². The molecule has 4 heterocycles. The molecular formula is C21H34IN7. The summed E-state index contributed by atoms with van der Waals surface area (Å²) in [5.41, 5.74) is 1.18. The van der Waals surface area contributed by atoms with Crippen molar-refractivity contribution in [2.75, 3.05) is 26.2 Å². The molecule has 2 unspecified atom stereocenters. The van der Waals surface area contributed by atoms with E-state index in [9.17, 15) is 0 Å². The third-order valence-corrected chi connectivity index (χ3v) is 6.05. The van der Waals surface area contributed by atoms with Gasteiger partial charge >= 0.3 is 0 Å². The fourth-order valence-corrected chi connectivity index (χ4v) is 4.39. The molecule has 1 fully saturated rings. The van der Waals surface area contributed by atoms with Gasteiger partial charge in [-0.15, -0.1) is 24.0 Å². The highest BCUT2D eigenvalue weighted by atomic mass is 127. The number of hydrogen-bond acceptors (Lipinski definition) is 3. The maximum atomic E-state index is 4.94. The van der Waals surface area contributed by atoms with E-state index < -0.39 is 0 Å². The number of rotatable bonds is 5. The molecule has 0 radical (unpaired) electrons. The highest BCUT2D eigenvalue weighted by Gasteiger charge is 2.28. The molecule has 0 amide bonds. The van der Waals surface area contributed by atoms with Gasteiger partial charge in [-0.25, -0.2) is 9.97 Å². The summed E-state index contributed by atoms with van der Waals surface area (Å²) in [6.45, 7) is 9.29. The minimum absolute atomic E-state index is 0. The lowest BCUT2D eigenvalue weighted by Crippen LogP contribution is -2.49. The van der Waals surface area contributed by atoms with Crippen LogP contribution in [-0.4, -0.2) is 56.1 Å². The van der Waals surface area contributed by atoms with E-state index in [2.05, 4.69) is 50.6 Å². The number of aromatic nitrogens is 4. The van der Waals surface area contributed by atoms with Crippen molar-refractivity contribution in [3.63, 3.8) is 0 Å². The van der Waals surface area contributed by atoms with Crippen LogP contribution in [0.2, 0.25) is 0 Å². The topological polar surface area (TPSA) is 63.3 Å². The number of nitrogens with zero attached hydrogens (tertiary/aromatic N) is 6. The van der Waals surface area contributed by atoms with Crippen LogP contribution in [0.1, 0.15) is 50.7 Å². The summed E-state index contributed by atoms with van der Waals surface area (Å²) in [6, 6.07) is 0.444. The summed E-state index contributed by atoms with van der Waals surface area (Å²) in [6.07, 6.45) is 13.9. The number of likely N-dealkylation sites (tertiary alicyclic amines) is 1. The minimum Gasteiger partial charge on any atom is -0.357 e. The Morgan fingerprint density at radius 2 is 2.21 bits per heavy atom. The lowest BCUT2D eigenvalue weighted by Gasteiger charge is -2.39. The Bertz CT molecular complexity index is 760. The Hall–Kier alpha value is -1.58. The van der Waals surface area contributed by atoms with Gasteiger partial charge in [0.05, 0.1) is 18.1 Å². The van der Waals surface area contributed by atoms with Crippen LogP contribution in [-0.2, 0) is 19.4 Å². The zero-order chi connectivity index (χ0) is 19.3. The number of fused-ring (bicyclic) bond motifs is 1. The zero-order valence-electron chi connectivity index (χ0n) is 17.6. The molecule has 2 aliphatic heterocycles. The predicted molar refractivity (Wildman–Crippen MR) is 127 cm³/mol. The zero-order valence-corrected chi connectivity index (χ0v) is 20.0. The SMILES string of the molecule is CCNC(=NCCc1cn2c(n1)CCCC2)N1CCC(C)C(n2ccnc2)C1.I. The molecule has 0 aliphatic carbocycles. The molecule has 1 saturated heterocycles. The van der Waals surface area contributed by atoms with E-state index in [-0.39, 0.29) is 24.0 Å². The number of piperidine rings is 1. The van der Waals surface area contributed by atoms with E-state index in [1.807, 2.05) is 12.5 Å². The molecule has 8 heteroatoms. The summed E-state index contributed by atoms with van der Waals surface area (Å²) in [7, 11) is 0. The Kier molecular flexibility index (Phi) is 7.97. The van der Waals surface area contributed by atoms with Crippen LogP contribution in [0.4, 0.5) is 0 Å². The van der Waals surface area contributed by atoms with Gasteiger partial charge < -0.3 is 19.4 Å². The molecule has 7 nitrogen and oxygen atoms in total. The van der Waals surface area contributed by atoms with Crippen molar-refractivity contribution in [3.05, 3.63) is 36.4 Å². The molecule has 0 saturated carbocycles.